The number of hydrogen-bond acceptors (Lipinski definition) is 4. The zero-order chi connectivity index (χ0) is 14.1. The lowest BCUT2D eigenvalue weighted by molar-refractivity contribution is -0.125. The number of amides is 1. The molecule has 1 heterocycles. The van der Waals surface area contributed by atoms with E-state index in [1.165, 1.54) is 12.8 Å². The molecule has 0 saturated carbocycles. The average Bonchev–Trinajstić information content (AvgIpc) is 2.77. The van der Waals surface area contributed by atoms with Gasteiger partial charge in [0, 0.05) is 26.7 Å². The summed E-state index contributed by atoms with van der Waals surface area (Å²) in [6.45, 7) is 4.77. The number of β-amino-alcohol motifs (C(OH)–C–C–N with tert-alkyl or cyclic N) is 1. The summed E-state index contributed by atoms with van der Waals surface area (Å²) in [5.74, 6) is 0.0455. The molecule has 1 aliphatic heterocycles. The second-order valence-corrected chi connectivity index (χ2v) is 5.24. The zero-order valence-electron chi connectivity index (χ0n) is 12.2. The van der Waals surface area contributed by atoms with E-state index in [1.807, 2.05) is 4.90 Å². The number of nitrogens with one attached hydrogen (secondary N) is 1. The SMILES string of the molecule is CCCCCCNC(=O)C1CC(O)CN1CCOC. The molecule has 1 aliphatic rings. The molecule has 1 amide bonds. The number of unbranched alkanes of at least 4 members (excludes halogenated alkanes) is 3. The number of rotatable bonds is 9. The smallest absolute Gasteiger partial charge is 0.237 e. The number of likely N-dealkylation sites (tertiary alicyclic amines) is 1. The topological polar surface area (TPSA) is 61.8 Å². The average molecular weight is 272 g/mol. The molecular weight excluding hydrogens is 244 g/mol. The highest BCUT2D eigenvalue weighted by Gasteiger charge is 2.35. The van der Waals surface area contributed by atoms with Crippen molar-refractivity contribution >= 4 is 5.91 Å². The maximum absolute atomic E-state index is 12.1. The number of methoxy groups -OCH3 is 1. The largest absolute Gasteiger partial charge is 0.392 e. The maximum atomic E-state index is 12.1. The first-order valence-electron chi connectivity index (χ1n) is 7.37. The van der Waals surface area contributed by atoms with Crippen LogP contribution in [0.1, 0.15) is 39.0 Å². The van der Waals surface area contributed by atoms with E-state index in [0.29, 0.717) is 26.1 Å². The van der Waals surface area contributed by atoms with Crippen LogP contribution in [0.25, 0.3) is 0 Å². The van der Waals surface area contributed by atoms with Crippen LogP contribution in [0.5, 0.6) is 0 Å². The molecule has 0 radical (unpaired) electrons. The van der Waals surface area contributed by atoms with Gasteiger partial charge in [0.15, 0.2) is 0 Å². The van der Waals surface area contributed by atoms with Gasteiger partial charge in [0.1, 0.15) is 0 Å². The number of ether oxygens (including phenoxy) is 1. The Hall–Kier alpha value is -0.650. The summed E-state index contributed by atoms with van der Waals surface area (Å²) in [6, 6.07) is -0.198. The predicted molar refractivity (Wildman–Crippen MR) is 75.0 cm³/mol. The molecule has 1 fully saturated rings. The predicted octanol–water partition coefficient (Wildman–Crippen LogP) is 0.765. The number of hydrogen-bond donors (Lipinski definition) is 2. The molecule has 0 spiro atoms. The third-order valence-electron chi connectivity index (χ3n) is 3.60. The van der Waals surface area contributed by atoms with E-state index in [2.05, 4.69) is 12.2 Å². The third kappa shape index (κ3) is 5.89. The van der Waals surface area contributed by atoms with Gasteiger partial charge in [-0.3, -0.25) is 9.69 Å². The Morgan fingerprint density at radius 3 is 2.89 bits per heavy atom. The molecule has 5 heteroatoms. The summed E-state index contributed by atoms with van der Waals surface area (Å²) < 4.78 is 5.04. The van der Waals surface area contributed by atoms with Gasteiger partial charge < -0.3 is 15.2 Å². The summed E-state index contributed by atoms with van der Waals surface area (Å²) in [5.41, 5.74) is 0. The standard InChI is InChI=1S/C14H28N2O3/c1-3-4-5-6-7-15-14(18)13-10-12(17)11-16(13)8-9-19-2/h12-13,17H,3-11H2,1-2H3,(H,15,18). The van der Waals surface area contributed by atoms with E-state index >= 15 is 0 Å². The molecular formula is C14H28N2O3. The number of nitrogens with zero attached hydrogens (tertiary/aromatic N) is 1. The van der Waals surface area contributed by atoms with Crippen molar-refractivity contribution < 1.29 is 14.6 Å². The van der Waals surface area contributed by atoms with Crippen LogP contribution in [0.3, 0.4) is 0 Å². The summed E-state index contributed by atoms with van der Waals surface area (Å²) in [4.78, 5) is 14.1. The van der Waals surface area contributed by atoms with Crippen molar-refractivity contribution in [3.05, 3.63) is 0 Å². The normalized spacial score (nSPS) is 23.7. The minimum Gasteiger partial charge on any atom is -0.392 e. The van der Waals surface area contributed by atoms with Crippen molar-refractivity contribution in [1.82, 2.24) is 10.2 Å². The monoisotopic (exact) mass is 272 g/mol. The van der Waals surface area contributed by atoms with Crippen molar-refractivity contribution in [3.63, 3.8) is 0 Å². The van der Waals surface area contributed by atoms with Crippen molar-refractivity contribution in [2.24, 2.45) is 0 Å². The third-order valence-corrected chi connectivity index (χ3v) is 3.60. The van der Waals surface area contributed by atoms with Crippen LogP contribution in [-0.2, 0) is 9.53 Å². The lowest BCUT2D eigenvalue weighted by atomic mass is 10.1. The molecule has 0 aliphatic carbocycles. The van der Waals surface area contributed by atoms with Crippen molar-refractivity contribution in [2.75, 3.05) is 33.4 Å². The molecule has 0 aromatic heterocycles. The van der Waals surface area contributed by atoms with Gasteiger partial charge in [-0.05, 0) is 12.8 Å². The summed E-state index contributed by atoms with van der Waals surface area (Å²) in [5, 5.41) is 12.7. The Morgan fingerprint density at radius 2 is 2.21 bits per heavy atom. The molecule has 1 rings (SSSR count). The van der Waals surface area contributed by atoms with E-state index in [1.54, 1.807) is 7.11 Å². The van der Waals surface area contributed by atoms with Crippen LogP contribution in [0.15, 0.2) is 0 Å². The van der Waals surface area contributed by atoms with Crippen LogP contribution >= 0.6 is 0 Å². The van der Waals surface area contributed by atoms with Crippen LogP contribution in [-0.4, -0.2) is 61.4 Å². The Morgan fingerprint density at radius 1 is 1.42 bits per heavy atom. The molecule has 112 valence electrons. The Kier molecular flexibility index (Phi) is 8.02. The second-order valence-electron chi connectivity index (χ2n) is 5.24. The fourth-order valence-electron chi connectivity index (χ4n) is 2.49. The summed E-state index contributed by atoms with van der Waals surface area (Å²) in [6.07, 6.45) is 4.76. The first-order valence-corrected chi connectivity index (χ1v) is 7.37. The number of aliphatic hydroxyl groups excluding tert-OH is 1. The van der Waals surface area contributed by atoms with Gasteiger partial charge in [-0.2, -0.15) is 0 Å². The van der Waals surface area contributed by atoms with Gasteiger partial charge >= 0.3 is 0 Å². The van der Waals surface area contributed by atoms with Crippen molar-refractivity contribution in [1.29, 1.82) is 0 Å². The quantitative estimate of drug-likeness (QED) is 0.609. The maximum Gasteiger partial charge on any atom is 0.237 e. The first kappa shape index (κ1) is 16.4. The second kappa shape index (κ2) is 9.28. The lowest BCUT2D eigenvalue weighted by Gasteiger charge is -2.22. The van der Waals surface area contributed by atoms with Crippen molar-refractivity contribution in [2.45, 2.75) is 51.2 Å². The Balaban J connectivity index is 2.28. The molecule has 2 N–H and O–H groups in total. The minimum atomic E-state index is -0.396. The van der Waals surface area contributed by atoms with E-state index in [-0.39, 0.29) is 11.9 Å². The number of carbonyl (C=O) groups is 1. The van der Waals surface area contributed by atoms with E-state index in [0.717, 1.165) is 19.4 Å². The van der Waals surface area contributed by atoms with Gasteiger partial charge in [-0.1, -0.05) is 26.2 Å². The summed E-state index contributed by atoms with van der Waals surface area (Å²) >= 11 is 0. The molecule has 2 unspecified atom stereocenters. The van der Waals surface area contributed by atoms with Crippen LogP contribution in [0, 0.1) is 0 Å². The van der Waals surface area contributed by atoms with Gasteiger partial charge in [0.2, 0.25) is 5.91 Å². The molecule has 5 nitrogen and oxygen atoms in total. The molecule has 19 heavy (non-hydrogen) atoms. The van der Waals surface area contributed by atoms with Crippen LogP contribution in [0.2, 0.25) is 0 Å². The van der Waals surface area contributed by atoms with E-state index in [4.69, 9.17) is 4.74 Å². The van der Waals surface area contributed by atoms with Gasteiger partial charge in [-0.15, -0.1) is 0 Å². The molecule has 0 aromatic carbocycles. The van der Waals surface area contributed by atoms with E-state index in [9.17, 15) is 9.90 Å². The van der Waals surface area contributed by atoms with Crippen LogP contribution < -0.4 is 5.32 Å². The minimum absolute atomic E-state index is 0.0455. The fraction of sp³-hybridized carbons (Fsp3) is 0.929. The van der Waals surface area contributed by atoms with Gasteiger partial charge in [0.25, 0.3) is 0 Å². The highest BCUT2D eigenvalue weighted by Crippen LogP contribution is 2.17. The highest BCUT2D eigenvalue weighted by molar-refractivity contribution is 5.82. The molecule has 1 saturated heterocycles. The number of carbonyl (C=O) groups excluding carboxylic acids is 1. The van der Waals surface area contributed by atoms with Crippen LogP contribution in [0.4, 0.5) is 0 Å². The lowest BCUT2D eigenvalue weighted by Crippen LogP contribution is -2.44. The van der Waals surface area contributed by atoms with Gasteiger partial charge in [-0.25, -0.2) is 0 Å². The van der Waals surface area contributed by atoms with Crippen molar-refractivity contribution in [3.8, 4) is 0 Å². The summed E-state index contributed by atoms with van der Waals surface area (Å²) in [7, 11) is 1.65. The highest BCUT2D eigenvalue weighted by atomic mass is 16.5. The Labute approximate surface area is 116 Å². The molecule has 0 bridgehead atoms. The zero-order valence-corrected chi connectivity index (χ0v) is 12.2. The van der Waals surface area contributed by atoms with E-state index < -0.39 is 6.10 Å². The number of aliphatic hydroxyl groups is 1. The molecule has 2 atom stereocenters. The van der Waals surface area contributed by atoms with Gasteiger partial charge in [0.05, 0.1) is 18.8 Å². The Bertz CT molecular complexity index is 261. The fourth-order valence-corrected chi connectivity index (χ4v) is 2.49. The first-order chi connectivity index (χ1) is 9.19. The molecule has 0 aromatic rings.